The van der Waals surface area contributed by atoms with Crippen LogP contribution in [-0.2, 0) is 14.3 Å². The molecule has 0 aromatic heterocycles. The van der Waals surface area contributed by atoms with Crippen molar-refractivity contribution >= 4 is 35.2 Å². The molecule has 0 radical (unpaired) electrons. The highest BCUT2D eigenvalue weighted by atomic mass is 35.5. The summed E-state index contributed by atoms with van der Waals surface area (Å²) in [5, 5.41) is 0.407. The highest BCUT2D eigenvalue weighted by Gasteiger charge is 2.39. The molecule has 7 heteroatoms. The zero-order valence-corrected chi connectivity index (χ0v) is 15.2. The number of carbonyl (C=O) groups is 2. The van der Waals surface area contributed by atoms with Gasteiger partial charge in [0.05, 0.1) is 18.5 Å². The van der Waals surface area contributed by atoms with Gasteiger partial charge in [0, 0.05) is 36.6 Å². The second kappa shape index (κ2) is 7.76. The third kappa shape index (κ3) is 3.71. The first-order valence-electron chi connectivity index (χ1n) is 8.14. The van der Waals surface area contributed by atoms with Gasteiger partial charge >= 0.3 is 0 Å². The number of morpholine rings is 1. The van der Waals surface area contributed by atoms with E-state index in [0.29, 0.717) is 44.3 Å². The summed E-state index contributed by atoms with van der Waals surface area (Å²) in [5.74, 6) is 0.147. The van der Waals surface area contributed by atoms with Crippen LogP contribution < -0.4 is 0 Å². The smallest absolute Gasteiger partial charge is 0.236 e. The third-order valence-corrected chi connectivity index (χ3v) is 6.07. The van der Waals surface area contributed by atoms with Gasteiger partial charge in [-0.1, -0.05) is 29.8 Å². The number of hydrogen-bond donors (Lipinski definition) is 0. The number of rotatable bonds is 4. The van der Waals surface area contributed by atoms with E-state index in [-0.39, 0.29) is 22.4 Å². The molecule has 2 amide bonds. The van der Waals surface area contributed by atoms with Gasteiger partial charge in [0.15, 0.2) is 0 Å². The highest BCUT2D eigenvalue weighted by Crippen LogP contribution is 2.44. The molecular weight excluding hydrogens is 348 g/mol. The van der Waals surface area contributed by atoms with E-state index in [1.54, 1.807) is 16.7 Å². The maximum absolute atomic E-state index is 12.5. The lowest BCUT2D eigenvalue weighted by molar-refractivity contribution is -0.136. The molecule has 0 aliphatic carbocycles. The number of nitrogens with zero attached hydrogens (tertiary/aromatic N) is 2. The number of amides is 2. The minimum absolute atomic E-state index is 0.0692. The van der Waals surface area contributed by atoms with Crippen LogP contribution in [0.5, 0.6) is 0 Å². The predicted molar refractivity (Wildman–Crippen MR) is 95.0 cm³/mol. The fourth-order valence-electron chi connectivity index (χ4n) is 3.01. The van der Waals surface area contributed by atoms with Crippen LogP contribution in [-0.4, -0.2) is 59.7 Å². The van der Waals surface area contributed by atoms with Crippen LogP contribution in [0.3, 0.4) is 0 Å². The second-order valence-electron chi connectivity index (χ2n) is 5.93. The van der Waals surface area contributed by atoms with Crippen LogP contribution >= 0.6 is 23.4 Å². The van der Waals surface area contributed by atoms with Gasteiger partial charge in [0.25, 0.3) is 0 Å². The van der Waals surface area contributed by atoms with Gasteiger partial charge in [-0.3, -0.25) is 9.59 Å². The molecule has 0 N–H and O–H groups in total. The summed E-state index contributed by atoms with van der Waals surface area (Å²) in [4.78, 5) is 28.5. The summed E-state index contributed by atoms with van der Waals surface area (Å²) in [6, 6.07) is 7.58. The molecular formula is C17H21ClN2O3S. The van der Waals surface area contributed by atoms with E-state index in [1.807, 2.05) is 36.1 Å². The number of ether oxygens (including phenoxy) is 1. The Balaban J connectivity index is 1.68. The Morgan fingerprint density at radius 2 is 2.04 bits per heavy atom. The van der Waals surface area contributed by atoms with Gasteiger partial charge in [-0.25, -0.2) is 0 Å². The normalized spacial score (nSPS) is 24.5. The van der Waals surface area contributed by atoms with Gasteiger partial charge in [-0.2, -0.15) is 0 Å². The first kappa shape index (κ1) is 17.6. The zero-order chi connectivity index (χ0) is 17.1. The second-order valence-corrected chi connectivity index (χ2v) is 7.76. The molecule has 0 spiro atoms. The Morgan fingerprint density at radius 1 is 1.33 bits per heavy atom. The molecule has 2 aliphatic heterocycles. The minimum Gasteiger partial charge on any atom is -0.378 e. The largest absolute Gasteiger partial charge is 0.378 e. The maximum Gasteiger partial charge on any atom is 0.236 e. The molecule has 1 aromatic rings. The SMILES string of the molecule is CC1SC(c2ccccc2Cl)N(CCC(=O)N2CCOCC2)C1=O. The van der Waals surface area contributed by atoms with E-state index < -0.39 is 0 Å². The summed E-state index contributed by atoms with van der Waals surface area (Å²) >= 11 is 7.89. The molecule has 24 heavy (non-hydrogen) atoms. The molecule has 2 aliphatic rings. The molecule has 0 bridgehead atoms. The summed E-state index contributed by atoms with van der Waals surface area (Å²) in [5.41, 5.74) is 0.931. The number of thioether (sulfide) groups is 1. The van der Waals surface area contributed by atoms with Crippen LogP contribution in [0.25, 0.3) is 0 Å². The Kier molecular flexibility index (Phi) is 5.69. The minimum atomic E-state index is -0.126. The van der Waals surface area contributed by atoms with Crippen molar-refractivity contribution in [3.8, 4) is 0 Å². The molecule has 1 aromatic carbocycles. The molecule has 2 heterocycles. The lowest BCUT2D eigenvalue weighted by Crippen LogP contribution is -2.42. The van der Waals surface area contributed by atoms with Crippen LogP contribution in [0.2, 0.25) is 5.02 Å². The number of halogens is 1. The highest BCUT2D eigenvalue weighted by molar-refractivity contribution is 8.01. The van der Waals surface area contributed by atoms with Crippen LogP contribution in [0.15, 0.2) is 24.3 Å². The topological polar surface area (TPSA) is 49.9 Å². The average molecular weight is 369 g/mol. The van der Waals surface area contributed by atoms with Crippen molar-refractivity contribution in [2.45, 2.75) is 24.0 Å². The molecule has 0 saturated carbocycles. The molecule has 130 valence electrons. The summed E-state index contributed by atoms with van der Waals surface area (Å²) in [7, 11) is 0. The van der Waals surface area contributed by atoms with Crippen molar-refractivity contribution in [1.29, 1.82) is 0 Å². The van der Waals surface area contributed by atoms with Crippen molar-refractivity contribution in [2.24, 2.45) is 0 Å². The fraction of sp³-hybridized carbons (Fsp3) is 0.529. The summed E-state index contributed by atoms with van der Waals surface area (Å²) in [6.07, 6.45) is 0.333. The number of benzene rings is 1. The van der Waals surface area contributed by atoms with Crippen LogP contribution in [0.4, 0.5) is 0 Å². The van der Waals surface area contributed by atoms with Gasteiger partial charge in [-0.15, -0.1) is 11.8 Å². The van der Waals surface area contributed by atoms with Gasteiger partial charge in [0.2, 0.25) is 11.8 Å². The van der Waals surface area contributed by atoms with E-state index in [4.69, 9.17) is 16.3 Å². The quantitative estimate of drug-likeness (QED) is 0.819. The van der Waals surface area contributed by atoms with E-state index in [1.165, 1.54) is 0 Å². The molecule has 2 atom stereocenters. The van der Waals surface area contributed by atoms with Crippen molar-refractivity contribution in [1.82, 2.24) is 9.80 Å². The van der Waals surface area contributed by atoms with E-state index in [2.05, 4.69) is 0 Å². The monoisotopic (exact) mass is 368 g/mol. The van der Waals surface area contributed by atoms with Crippen molar-refractivity contribution in [3.63, 3.8) is 0 Å². The standard InChI is InChI=1S/C17H21ClN2O3S/c1-12-16(22)20(7-6-15(21)19-8-10-23-11-9-19)17(24-12)13-4-2-3-5-14(13)18/h2-5,12,17H,6-11H2,1H3. The Hall–Kier alpha value is -1.24. The Bertz CT molecular complexity index is 622. The molecule has 2 unspecified atom stereocenters. The van der Waals surface area contributed by atoms with E-state index >= 15 is 0 Å². The van der Waals surface area contributed by atoms with E-state index in [9.17, 15) is 9.59 Å². The molecule has 3 rings (SSSR count). The van der Waals surface area contributed by atoms with Crippen LogP contribution in [0, 0.1) is 0 Å². The molecule has 5 nitrogen and oxygen atoms in total. The van der Waals surface area contributed by atoms with Crippen LogP contribution in [0.1, 0.15) is 24.3 Å². The van der Waals surface area contributed by atoms with Gasteiger partial charge in [-0.05, 0) is 13.0 Å². The first-order valence-corrected chi connectivity index (χ1v) is 9.46. The van der Waals surface area contributed by atoms with E-state index in [0.717, 1.165) is 5.56 Å². The summed E-state index contributed by atoms with van der Waals surface area (Å²) < 4.78 is 5.27. The van der Waals surface area contributed by atoms with Gasteiger partial charge < -0.3 is 14.5 Å². The first-order chi connectivity index (χ1) is 11.6. The van der Waals surface area contributed by atoms with Gasteiger partial charge in [0.1, 0.15) is 5.37 Å². The third-order valence-electron chi connectivity index (χ3n) is 4.35. The molecule has 2 fully saturated rings. The number of carbonyl (C=O) groups excluding carboxylic acids is 2. The molecule has 2 saturated heterocycles. The lowest BCUT2D eigenvalue weighted by atomic mass is 10.2. The van der Waals surface area contributed by atoms with Crippen molar-refractivity contribution in [2.75, 3.05) is 32.8 Å². The Morgan fingerprint density at radius 3 is 2.75 bits per heavy atom. The zero-order valence-electron chi connectivity index (χ0n) is 13.6. The maximum atomic E-state index is 12.5. The number of hydrogen-bond acceptors (Lipinski definition) is 4. The Labute approximate surface area is 151 Å². The van der Waals surface area contributed by atoms with Crippen molar-refractivity contribution < 1.29 is 14.3 Å². The fourth-order valence-corrected chi connectivity index (χ4v) is 4.66. The summed E-state index contributed by atoms with van der Waals surface area (Å²) in [6.45, 7) is 4.76. The average Bonchev–Trinajstić information content (AvgIpc) is 2.88. The lowest BCUT2D eigenvalue weighted by Gasteiger charge is -2.29. The van der Waals surface area contributed by atoms with Crippen molar-refractivity contribution in [3.05, 3.63) is 34.9 Å². The predicted octanol–water partition coefficient (Wildman–Crippen LogP) is 2.55.